The summed E-state index contributed by atoms with van der Waals surface area (Å²) in [6.45, 7) is 0. The van der Waals surface area contributed by atoms with Crippen molar-refractivity contribution in [2.45, 2.75) is 12.8 Å². The Bertz CT molecular complexity index is 1490. The highest BCUT2D eigenvalue weighted by atomic mass is 31.2. The fourth-order valence-corrected chi connectivity index (χ4v) is 5.05. The van der Waals surface area contributed by atoms with E-state index in [1.54, 1.807) is 18.2 Å². The number of phosphoric acid groups is 1. The van der Waals surface area contributed by atoms with Crippen LogP contribution in [0.2, 0.25) is 0 Å². The Kier molecular flexibility index (Phi) is 7.51. The second-order valence-electron chi connectivity index (χ2n) is 8.82. The third-order valence-corrected chi connectivity index (χ3v) is 6.86. The van der Waals surface area contributed by atoms with E-state index < -0.39 is 7.82 Å². The summed E-state index contributed by atoms with van der Waals surface area (Å²) >= 11 is 0. The lowest BCUT2D eigenvalue weighted by Gasteiger charge is -2.17. The van der Waals surface area contributed by atoms with Crippen LogP contribution in [0.5, 0.6) is 11.5 Å². The van der Waals surface area contributed by atoms with Gasteiger partial charge in [0, 0.05) is 5.56 Å². The number of rotatable bonds is 9. The van der Waals surface area contributed by atoms with Crippen LogP contribution in [0.25, 0.3) is 11.1 Å². The summed E-state index contributed by atoms with van der Waals surface area (Å²) in [6, 6.07) is 42.8. The molecule has 0 aliphatic carbocycles. The van der Waals surface area contributed by atoms with Gasteiger partial charge < -0.3 is 9.05 Å². The standard InChI is InChI=1S/C32H27O4P/c33-37(34,35-30-19-16-27(17-20-30)22-25-10-4-1-5-11-25)36-32-21-18-28(23-26-12-6-2-7-13-26)24-31(32)29-14-8-3-9-15-29/h1-21,24H,22-23H2,(H,33,34). The highest BCUT2D eigenvalue weighted by molar-refractivity contribution is 7.48. The van der Waals surface area contributed by atoms with E-state index in [0.29, 0.717) is 0 Å². The van der Waals surface area contributed by atoms with Gasteiger partial charge in [-0.3, -0.25) is 4.89 Å². The molecular weight excluding hydrogens is 479 g/mol. The molecule has 1 unspecified atom stereocenters. The lowest BCUT2D eigenvalue weighted by Crippen LogP contribution is -2.02. The van der Waals surface area contributed by atoms with Crippen LogP contribution in [-0.4, -0.2) is 4.89 Å². The molecule has 0 radical (unpaired) electrons. The molecule has 0 saturated carbocycles. The van der Waals surface area contributed by atoms with Gasteiger partial charge in [-0.15, -0.1) is 0 Å². The molecule has 1 atom stereocenters. The van der Waals surface area contributed by atoms with E-state index in [2.05, 4.69) is 24.3 Å². The van der Waals surface area contributed by atoms with Crippen LogP contribution in [0.3, 0.4) is 0 Å². The Labute approximate surface area is 217 Å². The van der Waals surface area contributed by atoms with Gasteiger partial charge in [-0.2, -0.15) is 0 Å². The highest BCUT2D eigenvalue weighted by Crippen LogP contribution is 2.47. The predicted molar refractivity (Wildman–Crippen MR) is 148 cm³/mol. The summed E-state index contributed by atoms with van der Waals surface area (Å²) in [5.74, 6) is 0.555. The second-order valence-corrected chi connectivity index (χ2v) is 10.1. The molecule has 4 nitrogen and oxygen atoms in total. The average molecular weight is 507 g/mol. The summed E-state index contributed by atoms with van der Waals surface area (Å²) < 4.78 is 24.0. The molecule has 0 saturated heterocycles. The summed E-state index contributed by atoms with van der Waals surface area (Å²) in [6.07, 6.45) is 1.51. The first kappa shape index (κ1) is 24.6. The Hall–Kier alpha value is -4.11. The van der Waals surface area contributed by atoms with Gasteiger partial charge in [0.05, 0.1) is 0 Å². The minimum Gasteiger partial charge on any atom is -0.395 e. The van der Waals surface area contributed by atoms with Gasteiger partial charge in [-0.05, 0) is 64.9 Å². The molecular formula is C32H27O4P. The largest absolute Gasteiger partial charge is 0.584 e. The van der Waals surface area contributed by atoms with E-state index >= 15 is 0 Å². The molecule has 0 amide bonds. The summed E-state index contributed by atoms with van der Waals surface area (Å²) in [5.41, 5.74) is 6.13. The van der Waals surface area contributed by atoms with Crippen LogP contribution < -0.4 is 9.05 Å². The number of hydrogen-bond donors (Lipinski definition) is 1. The van der Waals surface area contributed by atoms with Crippen LogP contribution in [0.1, 0.15) is 22.3 Å². The highest BCUT2D eigenvalue weighted by Gasteiger charge is 2.27. The second kappa shape index (κ2) is 11.3. The normalized spacial score (nSPS) is 12.5. The average Bonchev–Trinajstić information content (AvgIpc) is 2.92. The Morgan fingerprint density at radius 2 is 1.03 bits per heavy atom. The van der Waals surface area contributed by atoms with Gasteiger partial charge in [0.25, 0.3) is 0 Å². The third-order valence-electron chi connectivity index (χ3n) is 5.99. The van der Waals surface area contributed by atoms with Crippen LogP contribution in [0.15, 0.2) is 133 Å². The van der Waals surface area contributed by atoms with Crippen molar-refractivity contribution in [3.63, 3.8) is 0 Å². The maximum Gasteiger partial charge on any atom is 0.584 e. The van der Waals surface area contributed by atoms with E-state index in [0.717, 1.165) is 35.1 Å². The quantitative estimate of drug-likeness (QED) is 0.205. The number of phosphoric ester groups is 1. The first-order valence-electron chi connectivity index (χ1n) is 12.1. The van der Waals surface area contributed by atoms with Gasteiger partial charge in [0.2, 0.25) is 0 Å². The van der Waals surface area contributed by atoms with Crippen molar-refractivity contribution in [1.82, 2.24) is 0 Å². The SMILES string of the molecule is O=P(O)(Oc1ccc(Cc2ccccc2)cc1)Oc1ccc(Cc2ccccc2)cc1-c1ccccc1. The van der Waals surface area contributed by atoms with Crippen LogP contribution in [0, 0.1) is 0 Å². The van der Waals surface area contributed by atoms with Crippen LogP contribution in [0.4, 0.5) is 0 Å². The van der Waals surface area contributed by atoms with Crippen molar-refractivity contribution in [3.05, 3.63) is 156 Å². The molecule has 0 aromatic heterocycles. The number of hydrogen-bond acceptors (Lipinski definition) is 3. The first-order valence-corrected chi connectivity index (χ1v) is 13.6. The van der Waals surface area contributed by atoms with Crippen LogP contribution >= 0.6 is 7.82 Å². The maximum absolute atomic E-state index is 13.0. The van der Waals surface area contributed by atoms with Gasteiger partial charge in [-0.1, -0.05) is 109 Å². The first-order chi connectivity index (χ1) is 18.0. The smallest absolute Gasteiger partial charge is 0.395 e. The van der Waals surface area contributed by atoms with Crippen molar-refractivity contribution >= 4 is 7.82 Å². The Balaban J connectivity index is 1.34. The lowest BCUT2D eigenvalue weighted by atomic mass is 9.98. The zero-order valence-corrected chi connectivity index (χ0v) is 21.1. The van der Waals surface area contributed by atoms with E-state index in [-0.39, 0.29) is 11.5 Å². The lowest BCUT2D eigenvalue weighted by molar-refractivity contribution is 0.291. The van der Waals surface area contributed by atoms with Crippen molar-refractivity contribution in [2.24, 2.45) is 0 Å². The summed E-state index contributed by atoms with van der Waals surface area (Å²) in [5, 5.41) is 0. The van der Waals surface area contributed by atoms with Crippen molar-refractivity contribution in [2.75, 3.05) is 0 Å². The van der Waals surface area contributed by atoms with E-state index in [1.807, 2.05) is 91.0 Å². The third kappa shape index (κ3) is 6.77. The predicted octanol–water partition coefficient (Wildman–Crippen LogP) is 8.09. The molecule has 0 aliphatic rings. The molecule has 0 bridgehead atoms. The maximum atomic E-state index is 13.0. The Morgan fingerprint density at radius 1 is 0.541 bits per heavy atom. The molecule has 184 valence electrons. The zero-order valence-electron chi connectivity index (χ0n) is 20.2. The number of benzene rings is 5. The molecule has 0 heterocycles. The Morgan fingerprint density at radius 3 is 1.62 bits per heavy atom. The minimum atomic E-state index is -4.45. The van der Waals surface area contributed by atoms with E-state index in [9.17, 15) is 9.46 Å². The summed E-state index contributed by atoms with van der Waals surface area (Å²) in [4.78, 5) is 10.6. The van der Waals surface area contributed by atoms with Gasteiger partial charge in [0.1, 0.15) is 11.5 Å². The van der Waals surface area contributed by atoms with E-state index in [1.165, 1.54) is 11.1 Å². The molecule has 5 aromatic rings. The molecule has 1 N–H and O–H groups in total. The molecule has 5 rings (SSSR count). The zero-order chi connectivity index (χ0) is 25.5. The molecule has 0 fully saturated rings. The molecule has 0 spiro atoms. The van der Waals surface area contributed by atoms with Gasteiger partial charge >= 0.3 is 7.82 Å². The molecule has 0 aliphatic heterocycles. The fourth-order valence-electron chi connectivity index (χ4n) is 4.22. The monoisotopic (exact) mass is 506 g/mol. The molecule has 37 heavy (non-hydrogen) atoms. The van der Waals surface area contributed by atoms with Crippen molar-refractivity contribution in [1.29, 1.82) is 0 Å². The molecule has 5 heteroatoms. The minimum absolute atomic E-state index is 0.268. The van der Waals surface area contributed by atoms with Crippen molar-refractivity contribution in [3.8, 4) is 22.6 Å². The van der Waals surface area contributed by atoms with Gasteiger partial charge in [0.15, 0.2) is 0 Å². The van der Waals surface area contributed by atoms with E-state index in [4.69, 9.17) is 9.05 Å². The summed E-state index contributed by atoms with van der Waals surface area (Å²) in [7, 11) is -4.45. The van der Waals surface area contributed by atoms with Gasteiger partial charge in [-0.25, -0.2) is 4.57 Å². The fraction of sp³-hybridized carbons (Fsp3) is 0.0625. The van der Waals surface area contributed by atoms with Crippen molar-refractivity contribution < 1.29 is 18.5 Å². The molecule has 5 aromatic carbocycles. The van der Waals surface area contributed by atoms with Crippen LogP contribution in [-0.2, 0) is 17.4 Å². The topological polar surface area (TPSA) is 55.8 Å².